The first-order chi connectivity index (χ1) is 9.79. The molecule has 8 fully saturated rings. The highest BCUT2D eigenvalue weighted by Crippen LogP contribution is 2.75. The lowest BCUT2D eigenvalue weighted by Gasteiger charge is -2.77. The van der Waals surface area contributed by atoms with Crippen molar-refractivity contribution in [2.24, 2.45) is 47.3 Å². The highest BCUT2D eigenvalue weighted by Gasteiger charge is 2.71. The Morgan fingerprint density at radius 1 is 0.800 bits per heavy atom. The standard InChI is InChI=1S/C19H29N/c1-20-5-3-2-4-19(20)12-9-14-13-6-11-7-16(14)18(19)17(8-11)15(13)10-12/h11-18H,2-10H2,1H3. The van der Waals surface area contributed by atoms with Gasteiger partial charge in [0.2, 0.25) is 0 Å². The van der Waals surface area contributed by atoms with E-state index in [1.165, 1.54) is 37.1 Å². The summed E-state index contributed by atoms with van der Waals surface area (Å²) in [5.41, 5.74) is 0.674. The van der Waals surface area contributed by atoms with Gasteiger partial charge in [0.1, 0.15) is 0 Å². The molecule has 0 aromatic carbocycles. The maximum atomic E-state index is 2.89. The lowest BCUT2D eigenvalue weighted by atomic mass is 9.31. The van der Waals surface area contributed by atoms with Crippen molar-refractivity contribution >= 4 is 0 Å². The van der Waals surface area contributed by atoms with Crippen LogP contribution in [0.4, 0.5) is 0 Å². The van der Waals surface area contributed by atoms with Gasteiger partial charge in [0, 0.05) is 5.54 Å². The number of piperidine rings is 1. The number of likely N-dealkylation sites (tertiary alicyclic amines) is 1. The third-order valence-electron chi connectivity index (χ3n) is 9.37. The average Bonchev–Trinajstić information content (AvgIpc) is 2.47. The molecule has 7 saturated carbocycles. The van der Waals surface area contributed by atoms with Crippen molar-refractivity contribution in [2.75, 3.05) is 13.6 Å². The van der Waals surface area contributed by atoms with Gasteiger partial charge in [0.05, 0.1) is 0 Å². The Hall–Kier alpha value is -0.0400. The van der Waals surface area contributed by atoms with Gasteiger partial charge in [0.25, 0.3) is 0 Å². The largest absolute Gasteiger partial charge is 0.300 e. The van der Waals surface area contributed by atoms with Crippen LogP contribution in [-0.4, -0.2) is 24.0 Å². The molecule has 1 spiro atoms. The summed E-state index contributed by atoms with van der Waals surface area (Å²) in [5, 5.41) is 0. The second kappa shape index (κ2) is 3.47. The van der Waals surface area contributed by atoms with Crippen molar-refractivity contribution in [2.45, 2.75) is 56.9 Å². The van der Waals surface area contributed by atoms with E-state index in [2.05, 4.69) is 11.9 Å². The molecule has 8 bridgehead atoms. The molecular weight excluding hydrogens is 242 g/mol. The predicted molar refractivity (Wildman–Crippen MR) is 80.2 cm³/mol. The number of hydrogen-bond acceptors (Lipinski definition) is 1. The summed E-state index contributed by atoms with van der Waals surface area (Å²) < 4.78 is 0. The van der Waals surface area contributed by atoms with Gasteiger partial charge in [0.15, 0.2) is 0 Å². The van der Waals surface area contributed by atoms with Crippen LogP contribution in [0.25, 0.3) is 0 Å². The molecule has 0 aromatic rings. The Balaban J connectivity index is 1.52. The van der Waals surface area contributed by atoms with Gasteiger partial charge in [-0.1, -0.05) is 6.42 Å². The van der Waals surface area contributed by atoms with Crippen LogP contribution in [0.2, 0.25) is 0 Å². The third kappa shape index (κ3) is 1.06. The first-order valence-corrected chi connectivity index (χ1v) is 9.50. The summed E-state index contributed by atoms with van der Waals surface area (Å²) in [6, 6.07) is 0. The van der Waals surface area contributed by atoms with E-state index >= 15 is 0 Å². The van der Waals surface area contributed by atoms with Gasteiger partial charge in [-0.25, -0.2) is 0 Å². The molecular formula is C19H29N. The van der Waals surface area contributed by atoms with Crippen LogP contribution in [0.1, 0.15) is 51.4 Å². The summed E-state index contributed by atoms with van der Waals surface area (Å²) in [6.45, 7) is 1.40. The van der Waals surface area contributed by atoms with Crippen LogP contribution in [0.5, 0.6) is 0 Å². The van der Waals surface area contributed by atoms with Crippen molar-refractivity contribution in [3.05, 3.63) is 0 Å². The average molecular weight is 271 g/mol. The summed E-state index contributed by atoms with van der Waals surface area (Å²) in [7, 11) is 2.50. The molecule has 0 N–H and O–H groups in total. The Morgan fingerprint density at radius 3 is 2.15 bits per heavy atom. The zero-order valence-corrected chi connectivity index (χ0v) is 12.9. The van der Waals surface area contributed by atoms with E-state index in [9.17, 15) is 0 Å². The molecule has 8 aliphatic rings. The van der Waals surface area contributed by atoms with Crippen LogP contribution < -0.4 is 0 Å². The highest BCUT2D eigenvalue weighted by molar-refractivity contribution is 5.22. The van der Waals surface area contributed by atoms with E-state index in [-0.39, 0.29) is 0 Å². The van der Waals surface area contributed by atoms with E-state index in [4.69, 9.17) is 0 Å². The van der Waals surface area contributed by atoms with E-state index in [0.717, 1.165) is 29.6 Å². The SMILES string of the molecule is CN1CCCCC12C1CC3C4CC5CC3C2C(C5)C4C1. The molecule has 5 atom stereocenters. The molecule has 8 rings (SSSR count). The fraction of sp³-hybridized carbons (Fsp3) is 1.00. The van der Waals surface area contributed by atoms with E-state index in [1.54, 1.807) is 38.5 Å². The van der Waals surface area contributed by atoms with Crippen LogP contribution in [0.3, 0.4) is 0 Å². The Bertz CT molecular complexity index is 435. The third-order valence-corrected chi connectivity index (χ3v) is 9.37. The summed E-state index contributed by atoms with van der Waals surface area (Å²) in [4.78, 5) is 2.89. The van der Waals surface area contributed by atoms with Crippen molar-refractivity contribution in [1.29, 1.82) is 0 Å². The number of rotatable bonds is 0. The van der Waals surface area contributed by atoms with E-state index < -0.39 is 0 Å². The minimum Gasteiger partial charge on any atom is -0.300 e. The normalized spacial score (nSPS) is 66.5. The first-order valence-electron chi connectivity index (χ1n) is 9.50. The molecule has 0 amide bonds. The predicted octanol–water partition coefficient (Wildman–Crippen LogP) is 3.79. The van der Waals surface area contributed by atoms with Crippen LogP contribution in [0.15, 0.2) is 0 Å². The second-order valence-corrected chi connectivity index (χ2v) is 9.46. The van der Waals surface area contributed by atoms with Gasteiger partial charge in [-0.15, -0.1) is 0 Å². The van der Waals surface area contributed by atoms with Crippen LogP contribution in [-0.2, 0) is 0 Å². The van der Waals surface area contributed by atoms with Crippen molar-refractivity contribution in [3.8, 4) is 0 Å². The molecule has 1 aliphatic heterocycles. The quantitative estimate of drug-likeness (QED) is 0.648. The van der Waals surface area contributed by atoms with Gasteiger partial charge in [-0.2, -0.15) is 0 Å². The lowest BCUT2D eigenvalue weighted by molar-refractivity contribution is -0.272. The molecule has 0 radical (unpaired) electrons. The second-order valence-electron chi connectivity index (χ2n) is 9.46. The van der Waals surface area contributed by atoms with Gasteiger partial charge >= 0.3 is 0 Å². The monoisotopic (exact) mass is 271 g/mol. The maximum Gasteiger partial charge on any atom is 0.0268 e. The van der Waals surface area contributed by atoms with Crippen molar-refractivity contribution in [1.82, 2.24) is 4.90 Å². The molecule has 1 heterocycles. The van der Waals surface area contributed by atoms with E-state index in [0.29, 0.717) is 5.54 Å². The maximum absolute atomic E-state index is 2.89. The smallest absolute Gasteiger partial charge is 0.0268 e. The van der Waals surface area contributed by atoms with E-state index in [1.807, 2.05) is 0 Å². The van der Waals surface area contributed by atoms with Crippen LogP contribution in [0, 0.1) is 47.3 Å². The molecule has 0 aromatic heterocycles. The van der Waals surface area contributed by atoms with Crippen molar-refractivity contribution in [3.63, 3.8) is 0 Å². The Labute approximate surface area is 123 Å². The fourth-order valence-corrected chi connectivity index (χ4v) is 9.21. The molecule has 1 saturated heterocycles. The molecule has 110 valence electrons. The van der Waals surface area contributed by atoms with Crippen LogP contribution >= 0.6 is 0 Å². The molecule has 1 heteroatoms. The lowest BCUT2D eigenvalue weighted by Crippen LogP contribution is -2.76. The van der Waals surface area contributed by atoms with Gasteiger partial charge < -0.3 is 4.90 Å². The number of nitrogens with zero attached hydrogens (tertiary/aromatic N) is 1. The molecule has 1 nitrogen and oxygen atoms in total. The molecule has 20 heavy (non-hydrogen) atoms. The first kappa shape index (κ1) is 11.5. The minimum absolute atomic E-state index is 0.674. The highest BCUT2D eigenvalue weighted by atomic mass is 15.2. The Kier molecular flexibility index (Phi) is 2.00. The summed E-state index contributed by atoms with van der Waals surface area (Å²) >= 11 is 0. The topological polar surface area (TPSA) is 3.24 Å². The number of hydrogen-bond donors (Lipinski definition) is 0. The zero-order valence-electron chi connectivity index (χ0n) is 12.9. The summed E-state index contributed by atoms with van der Waals surface area (Å²) in [6.07, 6.45) is 12.7. The van der Waals surface area contributed by atoms with Crippen molar-refractivity contribution < 1.29 is 0 Å². The fourth-order valence-electron chi connectivity index (χ4n) is 9.21. The molecule has 7 aliphatic carbocycles. The molecule has 5 unspecified atom stereocenters. The van der Waals surface area contributed by atoms with Gasteiger partial charge in [-0.05, 0) is 106 Å². The zero-order chi connectivity index (χ0) is 13.1. The minimum atomic E-state index is 0.674. The van der Waals surface area contributed by atoms with Gasteiger partial charge in [-0.3, -0.25) is 0 Å². The summed E-state index contributed by atoms with van der Waals surface area (Å²) in [5.74, 6) is 9.23. The Morgan fingerprint density at radius 2 is 1.45 bits per heavy atom.